The number of likely N-dealkylation sites (tertiary alicyclic amines) is 1. The van der Waals surface area contributed by atoms with E-state index in [9.17, 15) is 9.59 Å². The minimum Gasteiger partial charge on any atom is -0.352 e. The number of amides is 2. The second-order valence-corrected chi connectivity index (χ2v) is 7.69. The highest BCUT2D eigenvalue weighted by Crippen LogP contribution is 2.33. The first-order valence-corrected chi connectivity index (χ1v) is 9.91. The normalized spacial score (nSPS) is 18.6. The number of hydrogen-bond donors (Lipinski definition) is 2. The van der Waals surface area contributed by atoms with E-state index in [1.54, 1.807) is 9.58 Å². The molecule has 2 atom stereocenters. The maximum atomic E-state index is 13.5. The number of H-pyrrole nitrogens is 1. The Balaban J connectivity index is 1.68. The number of nitrogens with zero attached hydrogens (tertiary/aromatic N) is 5. The summed E-state index contributed by atoms with van der Waals surface area (Å²) >= 11 is 0. The second-order valence-electron chi connectivity index (χ2n) is 7.69. The molecule has 0 saturated carbocycles. The molecule has 2 N–H and O–H groups in total. The van der Waals surface area contributed by atoms with Crippen molar-refractivity contribution in [2.75, 3.05) is 6.54 Å². The average Bonchev–Trinajstić information content (AvgIpc) is 3.40. The van der Waals surface area contributed by atoms with Crippen molar-refractivity contribution in [3.63, 3.8) is 0 Å². The average molecular weight is 407 g/mol. The molecule has 0 aliphatic carbocycles. The Kier molecular flexibility index (Phi) is 5.11. The minimum absolute atomic E-state index is 0.117. The third kappa shape index (κ3) is 3.58. The van der Waals surface area contributed by atoms with Gasteiger partial charge < -0.3 is 10.2 Å². The summed E-state index contributed by atoms with van der Waals surface area (Å²) in [5.41, 5.74) is 2.98. The minimum atomic E-state index is -0.321. The molecular formula is C21H25N7O2. The molecule has 1 aliphatic heterocycles. The van der Waals surface area contributed by atoms with Crippen molar-refractivity contribution >= 4 is 11.8 Å². The molecule has 0 radical (unpaired) electrons. The molecule has 1 aromatic carbocycles. The Hall–Kier alpha value is -3.49. The predicted octanol–water partition coefficient (Wildman–Crippen LogP) is 1.91. The van der Waals surface area contributed by atoms with Gasteiger partial charge in [0.1, 0.15) is 5.82 Å². The van der Waals surface area contributed by atoms with Gasteiger partial charge in [0, 0.05) is 37.8 Å². The van der Waals surface area contributed by atoms with Crippen LogP contribution in [0.3, 0.4) is 0 Å². The molecule has 3 aromatic rings. The summed E-state index contributed by atoms with van der Waals surface area (Å²) in [6.45, 7) is 5.60. The molecule has 9 heteroatoms. The highest BCUT2D eigenvalue weighted by Gasteiger charge is 2.40. The maximum Gasteiger partial charge on any atom is 0.258 e. The van der Waals surface area contributed by atoms with Gasteiger partial charge in [0.15, 0.2) is 5.82 Å². The lowest BCUT2D eigenvalue weighted by molar-refractivity contribution is -0.119. The summed E-state index contributed by atoms with van der Waals surface area (Å²) in [6, 6.07) is 9.19. The molecule has 30 heavy (non-hydrogen) atoms. The predicted molar refractivity (Wildman–Crippen MR) is 110 cm³/mol. The zero-order valence-corrected chi connectivity index (χ0v) is 17.5. The molecule has 9 nitrogen and oxygen atoms in total. The second kappa shape index (κ2) is 7.74. The van der Waals surface area contributed by atoms with Crippen LogP contribution >= 0.6 is 0 Å². The lowest BCUT2D eigenvalue weighted by atomic mass is 10.1. The molecular weight excluding hydrogens is 382 g/mol. The van der Waals surface area contributed by atoms with Gasteiger partial charge in [0.05, 0.1) is 17.3 Å². The maximum absolute atomic E-state index is 13.5. The van der Waals surface area contributed by atoms with Gasteiger partial charge in [-0.3, -0.25) is 19.4 Å². The molecule has 1 aliphatic rings. The van der Waals surface area contributed by atoms with Gasteiger partial charge >= 0.3 is 0 Å². The molecule has 0 unspecified atom stereocenters. The molecule has 2 amide bonds. The van der Waals surface area contributed by atoms with Crippen molar-refractivity contribution in [3.8, 4) is 11.4 Å². The molecule has 0 bridgehead atoms. The molecule has 0 spiro atoms. The summed E-state index contributed by atoms with van der Waals surface area (Å²) in [4.78, 5) is 31.5. The lowest BCUT2D eigenvalue weighted by Crippen LogP contribution is -2.38. The summed E-state index contributed by atoms with van der Waals surface area (Å²) in [7, 11) is 1.82. The first-order valence-electron chi connectivity index (χ1n) is 9.91. The summed E-state index contributed by atoms with van der Waals surface area (Å²) in [6.07, 6.45) is 0.563. The van der Waals surface area contributed by atoms with Crippen LogP contribution in [0.25, 0.3) is 11.4 Å². The Morgan fingerprint density at radius 1 is 1.20 bits per heavy atom. The monoisotopic (exact) mass is 407 g/mol. The molecule has 2 aromatic heterocycles. The quantitative estimate of drug-likeness (QED) is 0.687. The van der Waals surface area contributed by atoms with Crippen LogP contribution in [0.1, 0.15) is 47.0 Å². The topological polar surface area (TPSA) is 109 Å². The van der Waals surface area contributed by atoms with E-state index in [-0.39, 0.29) is 23.9 Å². The van der Waals surface area contributed by atoms with Crippen molar-refractivity contribution in [1.29, 1.82) is 0 Å². The fraction of sp³-hybridized carbons (Fsp3) is 0.381. The van der Waals surface area contributed by atoms with Crippen LogP contribution in [-0.2, 0) is 11.8 Å². The van der Waals surface area contributed by atoms with Crippen LogP contribution in [0.5, 0.6) is 0 Å². The van der Waals surface area contributed by atoms with Gasteiger partial charge in [0.25, 0.3) is 5.91 Å². The molecule has 3 heterocycles. The largest absolute Gasteiger partial charge is 0.352 e. The summed E-state index contributed by atoms with van der Waals surface area (Å²) in [5.74, 6) is 0.946. The van der Waals surface area contributed by atoms with Gasteiger partial charge in [-0.25, -0.2) is 4.98 Å². The van der Waals surface area contributed by atoms with E-state index in [0.717, 1.165) is 11.3 Å². The number of rotatable bonds is 4. The van der Waals surface area contributed by atoms with Crippen LogP contribution in [-0.4, -0.2) is 54.3 Å². The van der Waals surface area contributed by atoms with E-state index in [4.69, 9.17) is 0 Å². The first-order chi connectivity index (χ1) is 14.3. The fourth-order valence-corrected chi connectivity index (χ4v) is 4.08. The number of benzene rings is 1. The number of aromatic amines is 1. The van der Waals surface area contributed by atoms with E-state index in [1.807, 2.05) is 51.2 Å². The van der Waals surface area contributed by atoms with Gasteiger partial charge in [-0.05, 0) is 20.3 Å². The first kappa shape index (κ1) is 19.8. The highest BCUT2D eigenvalue weighted by atomic mass is 16.2. The Morgan fingerprint density at radius 3 is 2.57 bits per heavy atom. The van der Waals surface area contributed by atoms with E-state index in [0.29, 0.717) is 35.9 Å². The van der Waals surface area contributed by atoms with Crippen LogP contribution in [0, 0.1) is 13.8 Å². The standard InChI is InChI=1S/C21H25N7O2/c1-12-18(13(2)27(4)26-12)21(30)28-11-16(22-14(3)29)10-17(28)20-23-19(24-25-20)15-8-6-5-7-9-15/h5-9,16-17H,10-11H2,1-4H3,(H,22,29)(H,23,24,25)/t16-,17-/m0/s1. The van der Waals surface area contributed by atoms with E-state index >= 15 is 0 Å². The van der Waals surface area contributed by atoms with Gasteiger partial charge in [-0.15, -0.1) is 0 Å². The number of aryl methyl sites for hydroxylation is 2. The number of hydrogen-bond acceptors (Lipinski definition) is 5. The third-order valence-corrected chi connectivity index (χ3v) is 5.54. The van der Waals surface area contributed by atoms with Crippen molar-refractivity contribution in [2.45, 2.75) is 39.3 Å². The Morgan fingerprint density at radius 2 is 1.93 bits per heavy atom. The summed E-state index contributed by atoms with van der Waals surface area (Å²) < 4.78 is 1.71. The van der Waals surface area contributed by atoms with Crippen LogP contribution in [0.2, 0.25) is 0 Å². The molecule has 156 valence electrons. The lowest BCUT2D eigenvalue weighted by Gasteiger charge is -2.23. The fourth-order valence-electron chi connectivity index (χ4n) is 4.08. The number of carbonyl (C=O) groups excluding carboxylic acids is 2. The number of carbonyl (C=O) groups is 2. The highest BCUT2D eigenvalue weighted by molar-refractivity contribution is 5.97. The van der Waals surface area contributed by atoms with Gasteiger partial charge in [-0.1, -0.05) is 30.3 Å². The molecule has 4 rings (SSSR count). The molecule has 1 fully saturated rings. The molecule has 1 saturated heterocycles. The summed E-state index contributed by atoms with van der Waals surface area (Å²) in [5, 5.41) is 14.7. The van der Waals surface area contributed by atoms with E-state index in [2.05, 4.69) is 25.6 Å². The zero-order valence-electron chi connectivity index (χ0n) is 17.5. The SMILES string of the molecule is CC(=O)N[C@H]1C[C@@H](c2nc(-c3ccccc3)n[nH]2)N(C(=O)c2c(C)nn(C)c2C)C1. The Labute approximate surface area is 174 Å². The van der Waals surface area contributed by atoms with Crippen LogP contribution < -0.4 is 5.32 Å². The van der Waals surface area contributed by atoms with Gasteiger partial charge in [-0.2, -0.15) is 10.2 Å². The van der Waals surface area contributed by atoms with E-state index in [1.165, 1.54) is 6.92 Å². The Bertz CT molecular complexity index is 1090. The third-order valence-electron chi connectivity index (χ3n) is 5.54. The van der Waals surface area contributed by atoms with Gasteiger partial charge in [0.2, 0.25) is 5.91 Å². The number of aromatic nitrogens is 5. The van der Waals surface area contributed by atoms with Crippen LogP contribution in [0.4, 0.5) is 0 Å². The van der Waals surface area contributed by atoms with Crippen molar-refractivity contribution in [2.24, 2.45) is 7.05 Å². The van der Waals surface area contributed by atoms with Crippen molar-refractivity contribution in [1.82, 2.24) is 35.2 Å². The van der Waals surface area contributed by atoms with Crippen molar-refractivity contribution < 1.29 is 9.59 Å². The zero-order chi connectivity index (χ0) is 21.4. The van der Waals surface area contributed by atoms with E-state index < -0.39 is 0 Å². The van der Waals surface area contributed by atoms with Crippen LogP contribution in [0.15, 0.2) is 30.3 Å². The van der Waals surface area contributed by atoms with Crippen molar-refractivity contribution in [3.05, 3.63) is 53.1 Å². The number of nitrogens with one attached hydrogen (secondary N) is 2. The smallest absolute Gasteiger partial charge is 0.258 e.